The van der Waals surface area contributed by atoms with Gasteiger partial charge >= 0.3 is 5.97 Å². The van der Waals surface area contributed by atoms with Crippen molar-refractivity contribution >= 4 is 34.1 Å². The maximum atomic E-state index is 11.9. The third-order valence-corrected chi connectivity index (χ3v) is 3.26. The van der Waals surface area contributed by atoms with E-state index in [0.29, 0.717) is 17.0 Å². The average Bonchev–Trinajstić information content (AvgIpc) is 2.69. The quantitative estimate of drug-likeness (QED) is 0.739. The fourth-order valence-electron chi connectivity index (χ4n) is 1.37. The first-order valence-corrected chi connectivity index (χ1v) is 6.66. The van der Waals surface area contributed by atoms with Crippen LogP contribution in [0.15, 0.2) is 6.07 Å². The molecule has 0 aliphatic heterocycles. The number of thiophene rings is 1. The van der Waals surface area contributed by atoms with E-state index in [0.717, 1.165) is 4.88 Å². The van der Waals surface area contributed by atoms with Crippen LogP contribution in [-0.4, -0.2) is 29.4 Å². The van der Waals surface area contributed by atoms with E-state index in [-0.39, 0.29) is 24.8 Å². The number of rotatable bonds is 6. The predicted octanol–water partition coefficient (Wildman–Crippen LogP) is 1.61. The van der Waals surface area contributed by atoms with Gasteiger partial charge in [-0.15, -0.1) is 11.3 Å². The first kappa shape index (κ1) is 15.2. The second-order valence-electron chi connectivity index (χ2n) is 3.90. The number of anilines is 1. The lowest BCUT2D eigenvalue weighted by atomic mass is 10.2. The van der Waals surface area contributed by atoms with E-state index in [1.807, 2.05) is 6.92 Å². The van der Waals surface area contributed by atoms with E-state index >= 15 is 0 Å². The average molecular weight is 284 g/mol. The minimum atomic E-state index is -0.971. The van der Waals surface area contributed by atoms with E-state index in [4.69, 9.17) is 5.11 Å². The molecule has 0 aromatic carbocycles. The van der Waals surface area contributed by atoms with Crippen molar-refractivity contribution in [3.63, 3.8) is 0 Å². The minimum absolute atomic E-state index is 0.0597. The third-order valence-electron chi connectivity index (χ3n) is 2.30. The molecule has 0 unspecified atom stereocenters. The molecule has 0 fully saturated rings. The van der Waals surface area contributed by atoms with Gasteiger partial charge < -0.3 is 15.7 Å². The van der Waals surface area contributed by atoms with Gasteiger partial charge in [0.2, 0.25) is 5.91 Å². The first-order chi connectivity index (χ1) is 8.93. The van der Waals surface area contributed by atoms with Crippen molar-refractivity contribution in [3.05, 3.63) is 16.5 Å². The molecule has 0 spiro atoms. The fraction of sp³-hybridized carbons (Fsp3) is 0.417. The number of hydrogen-bond acceptors (Lipinski definition) is 4. The summed E-state index contributed by atoms with van der Waals surface area (Å²) in [5, 5.41) is 14.2. The summed E-state index contributed by atoms with van der Waals surface area (Å²) < 4.78 is 0. The van der Waals surface area contributed by atoms with Crippen LogP contribution in [0.25, 0.3) is 0 Å². The zero-order chi connectivity index (χ0) is 14.4. The molecule has 7 heteroatoms. The molecule has 0 saturated heterocycles. The monoisotopic (exact) mass is 284 g/mol. The normalized spacial score (nSPS) is 10.0. The number of carbonyl (C=O) groups excluding carboxylic acids is 2. The minimum Gasteiger partial charge on any atom is -0.481 e. The van der Waals surface area contributed by atoms with Gasteiger partial charge in [-0.1, -0.05) is 6.92 Å². The van der Waals surface area contributed by atoms with Crippen LogP contribution < -0.4 is 10.6 Å². The molecule has 0 saturated carbocycles. The van der Waals surface area contributed by atoms with Crippen LogP contribution in [0.2, 0.25) is 0 Å². The topological polar surface area (TPSA) is 95.5 Å². The Kier molecular flexibility index (Phi) is 5.50. The number of carboxylic acids is 1. The Labute approximate surface area is 114 Å². The van der Waals surface area contributed by atoms with Gasteiger partial charge in [-0.05, 0) is 13.0 Å². The van der Waals surface area contributed by atoms with Gasteiger partial charge in [0.25, 0.3) is 5.91 Å². The molecule has 0 aliphatic carbocycles. The van der Waals surface area contributed by atoms with E-state index in [1.54, 1.807) is 13.0 Å². The van der Waals surface area contributed by atoms with E-state index < -0.39 is 5.97 Å². The van der Waals surface area contributed by atoms with E-state index in [1.165, 1.54) is 11.3 Å². The molecule has 0 aliphatic rings. The molecular formula is C12H16N2O4S. The van der Waals surface area contributed by atoms with Gasteiger partial charge in [0.05, 0.1) is 12.0 Å². The SMILES string of the molecule is CCC(=O)Nc1sc(C)cc1C(=O)NCCC(=O)O. The highest BCUT2D eigenvalue weighted by Crippen LogP contribution is 2.27. The van der Waals surface area contributed by atoms with Crippen LogP contribution in [0.1, 0.15) is 35.0 Å². The van der Waals surface area contributed by atoms with Crippen LogP contribution >= 0.6 is 11.3 Å². The Morgan fingerprint density at radius 2 is 2.05 bits per heavy atom. The van der Waals surface area contributed by atoms with Crippen molar-refractivity contribution in [2.45, 2.75) is 26.7 Å². The van der Waals surface area contributed by atoms with Crippen LogP contribution in [0.4, 0.5) is 5.00 Å². The molecule has 104 valence electrons. The van der Waals surface area contributed by atoms with Crippen molar-refractivity contribution < 1.29 is 19.5 Å². The van der Waals surface area contributed by atoms with Gasteiger partial charge in [-0.25, -0.2) is 0 Å². The number of amides is 2. The van der Waals surface area contributed by atoms with Crippen molar-refractivity contribution in [2.75, 3.05) is 11.9 Å². The Morgan fingerprint density at radius 3 is 2.63 bits per heavy atom. The van der Waals surface area contributed by atoms with Gasteiger partial charge in [0.15, 0.2) is 0 Å². The van der Waals surface area contributed by atoms with Crippen molar-refractivity contribution in [2.24, 2.45) is 0 Å². The third kappa shape index (κ3) is 4.70. The molecule has 19 heavy (non-hydrogen) atoms. The predicted molar refractivity (Wildman–Crippen MR) is 72.6 cm³/mol. The van der Waals surface area contributed by atoms with Gasteiger partial charge in [-0.2, -0.15) is 0 Å². The molecule has 0 bridgehead atoms. The number of aryl methyl sites for hydroxylation is 1. The maximum Gasteiger partial charge on any atom is 0.305 e. The first-order valence-electron chi connectivity index (χ1n) is 5.84. The molecule has 2 amide bonds. The lowest BCUT2D eigenvalue weighted by molar-refractivity contribution is -0.136. The second-order valence-corrected chi connectivity index (χ2v) is 5.16. The van der Waals surface area contributed by atoms with Gasteiger partial charge in [-0.3, -0.25) is 14.4 Å². The Morgan fingerprint density at radius 1 is 1.37 bits per heavy atom. The highest BCUT2D eigenvalue weighted by molar-refractivity contribution is 7.16. The summed E-state index contributed by atoms with van der Waals surface area (Å²) >= 11 is 1.32. The molecule has 3 N–H and O–H groups in total. The zero-order valence-electron chi connectivity index (χ0n) is 10.8. The van der Waals surface area contributed by atoms with Crippen LogP contribution in [0.5, 0.6) is 0 Å². The molecule has 0 radical (unpaired) electrons. The molecule has 1 heterocycles. The number of aliphatic carboxylic acids is 1. The molecule has 0 atom stereocenters. The highest BCUT2D eigenvalue weighted by atomic mass is 32.1. The van der Waals surface area contributed by atoms with E-state index in [9.17, 15) is 14.4 Å². The molecule has 1 aromatic rings. The maximum absolute atomic E-state index is 11.9. The molecular weight excluding hydrogens is 268 g/mol. The summed E-state index contributed by atoms with van der Waals surface area (Å²) in [6.45, 7) is 3.62. The number of carbonyl (C=O) groups is 3. The molecule has 1 aromatic heterocycles. The largest absolute Gasteiger partial charge is 0.481 e. The summed E-state index contributed by atoms with van der Waals surface area (Å²) in [7, 11) is 0. The Balaban J connectivity index is 2.73. The zero-order valence-corrected chi connectivity index (χ0v) is 11.6. The number of carboxylic acid groups (broad SMARTS) is 1. The van der Waals surface area contributed by atoms with E-state index in [2.05, 4.69) is 10.6 Å². The molecule has 1 rings (SSSR count). The second kappa shape index (κ2) is 6.89. The fourth-order valence-corrected chi connectivity index (χ4v) is 2.29. The van der Waals surface area contributed by atoms with Gasteiger partial charge in [0, 0.05) is 17.8 Å². The van der Waals surface area contributed by atoms with Crippen molar-refractivity contribution in [3.8, 4) is 0 Å². The Bertz CT molecular complexity index is 496. The van der Waals surface area contributed by atoms with Crippen molar-refractivity contribution in [1.29, 1.82) is 0 Å². The van der Waals surface area contributed by atoms with Gasteiger partial charge in [0.1, 0.15) is 5.00 Å². The lowest BCUT2D eigenvalue weighted by Crippen LogP contribution is -2.26. The summed E-state index contributed by atoms with van der Waals surface area (Å²) in [4.78, 5) is 34.5. The summed E-state index contributed by atoms with van der Waals surface area (Å²) in [5.41, 5.74) is 0.370. The van der Waals surface area contributed by atoms with Crippen LogP contribution in [0, 0.1) is 6.92 Å². The smallest absolute Gasteiger partial charge is 0.305 e. The number of nitrogens with one attached hydrogen (secondary N) is 2. The Hall–Kier alpha value is -1.89. The summed E-state index contributed by atoms with van der Waals surface area (Å²) in [6.07, 6.45) is 0.197. The highest BCUT2D eigenvalue weighted by Gasteiger charge is 2.16. The van der Waals surface area contributed by atoms with Crippen LogP contribution in [-0.2, 0) is 9.59 Å². The lowest BCUT2D eigenvalue weighted by Gasteiger charge is -2.05. The number of hydrogen-bond donors (Lipinski definition) is 3. The summed E-state index contributed by atoms with van der Waals surface area (Å²) in [5.74, 6) is -1.51. The standard InChI is InChI=1S/C12H16N2O4S/c1-3-9(15)14-12-8(6-7(2)19-12)11(18)13-5-4-10(16)17/h6H,3-5H2,1-2H3,(H,13,18)(H,14,15)(H,16,17). The van der Waals surface area contributed by atoms with Crippen LogP contribution in [0.3, 0.4) is 0 Å². The van der Waals surface area contributed by atoms with Crippen molar-refractivity contribution in [1.82, 2.24) is 5.32 Å². The summed E-state index contributed by atoms with van der Waals surface area (Å²) in [6, 6.07) is 1.67. The molecule has 6 nitrogen and oxygen atoms in total.